The zero-order valence-corrected chi connectivity index (χ0v) is 37.9. The van der Waals surface area contributed by atoms with Crippen molar-refractivity contribution in [2.24, 2.45) is 10.8 Å². The number of anilines is 1. The van der Waals surface area contributed by atoms with Crippen molar-refractivity contribution in [2.75, 3.05) is 10.2 Å². The molecule has 0 radical (unpaired) electrons. The van der Waals surface area contributed by atoms with E-state index in [4.69, 9.17) is 17.3 Å². The molecule has 0 atom stereocenters. The van der Waals surface area contributed by atoms with E-state index in [1.807, 2.05) is 40.7 Å². The molecule has 0 unspecified atom stereocenters. The van der Waals surface area contributed by atoms with Crippen molar-refractivity contribution in [3.8, 4) is 0 Å². The van der Waals surface area contributed by atoms with E-state index in [0.29, 0.717) is 12.1 Å². The van der Waals surface area contributed by atoms with Crippen molar-refractivity contribution in [3.63, 3.8) is 0 Å². The molecule has 2 aromatic rings. The van der Waals surface area contributed by atoms with Gasteiger partial charge >= 0.3 is 64.9 Å². The van der Waals surface area contributed by atoms with Crippen LogP contribution in [0.2, 0.25) is 0 Å². The van der Waals surface area contributed by atoms with Crippen LogP contribution in [0.3, 0.4) is 0 Å². The maximum atomic E-state index is 11.7. The van der Waals surface area contributed by atoms with Gasteiger partial charge in [-0.1, -0.05) is 64.1 Å². The van der Waals surface area contributed by atoms with E-state index >= 15 is 0 Å². The third kappa shape index (κ3) is 40.1. The molecule has 0 spiro atoms. The number of nitrogens with two attached hydrogens (primary N) is 1. The summed E-state index contributed by atoms with van der Waals surface area (Å²) in [6.45, 7) is 18.7. The Bertz CT molecular complexity index is 882. The predicted molar refractivity (Wildman–Crippen MR) is 211 cm³/mol. The molecule has 0 bridgehead atoms. The summed E-state index contributed by atoms with van der Waals surface area (Å²) < 4.78 is 3.05. The van der Waals surface area contributed by atoms with Crippen LogP contribution in [-0.4, -0.2) is 25.4 Å². The van der Waals surface area contributed by atoms with E-state index in [0.717, 1.165) is 14.5 Å². The normalized spacial score (nSPS) is 9.54. The quantitative estimate of drug-likeness (QED) is 0.143. The van der Waals surface area contributed by atoms with Crippen molar-refractivity contribution in [1.82, 2.24) is 9.97 Å². The molecule has 0 aliphatic heterocycles. The first-order valence-corrected chi connectivity index (χ1v) is 28.2. The number of alkyl halides is 1. The van der Waals surface area contributed by atoms with E-state index < -0.39 is 10.7 Å². The molecule has 2 N–H and O–H groups in total. The van der Waals surface area contributed by atoms with Gasteiger partial charge in [-0.15, -0.1) is 0 Å². The van der Waals surface area contributed by atoms with Gasteiger partial charge in [-0.05, 0) is 79.4 Å². The summed E-state index contributed by atoms with van der Waals surface area (Å²) in [4.78, 5) is 29.4. The number of halogens is 7. The Labute approximate surface area is 311 Å². The Morgan fingerprint density at radius 2 is 1.31 bits per heavy atom. The molecule has 2 heterocycles. The van der Waals surface area contributed by atoms with E-state index in [1.54, 1.807) is 44.7 Å². The molecular weight excluding hydrogens is 1140 g/mol. The van der Waals surface area contributed by atoms with Gasteiger partial charge in [-0.2, -0.15) is 0 Å². The second-order valence-electron chi connectivity index (χ2n) is 8.41. The van der Waals surface area contributed by atoms with Crippen LogP contribution in [0.5, 0.6) is 0 Å². The Morgan fingerprint density at radius 3 is 1.54 bits per heavy atom. The summed E-state index contributed by atoms with van der Waals surface area (Å²) in [5.41, 5.74) is 6.10. The fourth-order valence-corrected chi connectivity index (χ4v) is 2.23. The molecule has 5 nitrogen and oxygen atoms in total. The number of hydrogen-bond donors (Lipinski definition) is 1. The summed E-state index contributed by atoms with van der Waals surface area (Å²) in [5.74, 6) is 0.234. The van der Waals surface area contributed by atoms with E-state index in [9.17, 15) is 9.59 Å². The zero-order chi connectivity index (χ0) is 31.1. The van der Waals surface area contributed by atoms with Gasteiger partial charge in [-0.25, -0.2) is 0 Å². The molecule has 0 aliphatic carbocycles. The third-order valence-electron chi connectivity index (χ3n) is 3.22. The summed E-state index contributed by atoms with van der Waals surface area (Å²) in [5, 5.41) is -0.396. The molecule has 0 aliphatic rings. The van der Waals surface area contributed by atoms with E-state index in [1.165, 1.54) is 4.43 Å². The van der Waals surface area contributed by atoms with Crippen LogP contribution in [0.1, 0.15) is 61.0 Å². The first-order chi connectivity index (χ1) is 17.3. The van der Waals surface area contributed by atoms with Crippen molar-refractivity contribution in [1.29, 1.82) is 0 Å². The Hall–Kier alpha value is 2.06. The number of rotatable bonds is 3. The number of pyridine rings is 2. The van der Waals surface area contributed by atoms with Gasteiger partial charge in [0.25, 0.3) is 5.24 Å². The number of nitrogens with zero attached hydrogens (tertiary/aromatic N) is 2. The molecule has 0 saturated heterocycles. The van der Waals surface area contributed by atoms with Crippen LogP contribution in [0.15, 0.2) is 45.9 Å². The molecule has 0 aromatic carbocycles. The standard InChI is InChI=1S/C11H14BrNO.C5H5BrN2.C5H8ClO.C2H5I.C2H6.CH3.3HI.V/c1-11(2,3)10(14)5-8-4-9(12)7-13-6-8;6-4-1-5(7)3-8-2-4;1-5(2,3)4(6)7;1-2-3;1-2;;;;;/h4,6-7H,5H2,1-3H3;1-3H,7H2;1H2,2-3H3;2H2,1H3;1-2H3;1H3;3*1H;/q;;+1;;;-1;;;;+3/p-3. The summed E-state index contributed by atoms with van der Waals surface area (Å²) in [6, 6.07) is 3.73. The number of ketones is 1. The van der Waals surface area contributed by atoms with Gasteiger partial charge in [0.1, 0.15) is 5.78 Å². The van der Waals surface area contributed by atoms with Crippen LogP contribution in [0.4, 0.5) is 5.69 Å². The summed E-state index contributed by atoms with van der Waals surface area (Å²) >= 11 is 21.3. The maximum absolute atomic E-state index is 11.7. The molecule has 39 heavy (non-hydrogen) atoms. The number of hydrogen-bond acceptors (Lipinski definition) is 5. The Morgan fingerprint density at radius 1 is 0.974 bits per heavy atom. The van der Waals surface area contributed by atoms with Crippen LogP contribution in [0.25, 0.3) is 0 Å². The Balaban J connectivity index is -0.000000133. The molecular formula is C26H41Br2ClI4N3O2V. The first kappa shape index (κ1) is 50.7. The molecule has 13 heteroatoms. The predicted octanol–water partition coefficient (Wildman–Crippen LogP) is 11.6. The van der Waals surface area contributed by atoms with Gasteiger partial charge < -0.3 is 13.2 Å². The molecule has 0 fully saturated rings. The van der Waals surface area contributed by atoms with Crippen LogP contribution < -0.4 is 5.73 Å². The second-order valence-corrected chi connectivity index (χ2v) is 47.5. The van der Waals surface area contributed by atoms with Gasteiger partial charge in [0, 0.05) is 45.6 Å². The fourth-order valence-electron chi connectivity index (χ4n) is 1.43. The molecule has 0 saturated carbocycles. The monoisotopic (exact) mass is 1180 g/mol. The van der Waals surface area contributed by atoms with Crippen molar-refractivity contribution in [3.05, 3.63) is 65.8 Å². The first-order valence-electron chi connectivity index (χ1n) is 11.1. The minimum atomic E-state index is -0.623. The topological polar surface area (TPSA) is 85.9 Å². The van der Waals surface area contributed by atoms with Crippen LogP contribution >= 0.6 is 126 Å². The summed E-state index contributed by atoms with van der Waals surface area (Å²) in [7, 11) is 0. The molecule has 0 amide bonds. The van der Waals surface area contributed by atoms with E-state index in [-0.39, 0.29) is 23.5 Å². The minimum absolute atomic E-state index is 0. The molecule has 2 rings (SSSR count). The van der Waals surface area contributed by atoms with E-state index in [2.05, 4.69) is 138 Å². The van der Waals surface area contributed by atoms with Crippen molar-refractivity contribution < 1.29 is 14.5 Å². The average molecular weight is 1180 g/mol. The third-order valence-corrected chi connectivity index (χ3v) is 4.60. The Kier molecular flexibility index (Phi) is 39.1. The van der Waals surface area contributed by atoms with Crippen LogP contribution in [-0.2, 0) is 20.9 Å². The summed E-state index contributed by atoms with van der Waals surface area (Å²) in [6.07, 6.45) is 7.19. The van der Waals surface area contributed by atoms with Crippen molar-refractivity contribution >= 4 is 143 Å². The van der Waals surface area contributed by atoms with Crippen LogP contribution in [0, 0.1) is 25.2 Å². The second kappa shape index (κ2) is 30.1. The molecule has 226 valence electrons. The number of carbonyl (C=O) groups excluding carboxylic acids is 2. The number of aromatic nitrogens is 2. The average Bonchev–Trinajstić information content (AvgIpc) is 2.75. The van der Waals surface area contributed by atoms with Gasteiger partial charge in [0.15, 0.2) is 5.41 Å². The fraction of sp³-hybridized carbons (Fsp3) is 0.462. The SMILES string of the molecule is CC.CC(C)(C)C(=O)Cc1cncc(Br)c1.CCI.Nc1cncc(Br)c1.[CH2+]C(C)(C)C(=O)Cl.[CH3-].[I][V]([I])[I]. The zero-order valence-electron chi connectivity index (χ0n) is 24.0. The van der Waals surface area contributed by atoms with Crippen molar-refractivity contribution in [2.45, 2.75) is 61.8 Å². The van der Waals surface area contributed by atoms with Gasteiger partial charge in [0.05, 0.1) is 12.6 Å². The number of carbonyl (C=O) groups is 2. The number of Topliss-reactive ketones (excluding diaryl/α,β-unsaturated/α-hetero) is 1. The van der Waals surface area contributed by atoms with Gasteiger partial charge in [0.2, 0.25) is 0 Å². The molecule has 2 aromatic heterocycles. The number of nitrogen functional groups attached to an aromatic ring is 1. The van der Waals surface area contributed by atoms with Gasteiger partial charge in [-0.3, -0.25) is 19.6 Å².